The largest absolute Gasteiger partial charge is 0.478 e. The van der Waals surface area contributed by atoms with Crippen LogP contribution in [0.4, 0.5) is 4.39 Å². The van der Waals surface area contributed by atoms with Gasteiger partial charge in [0, 0.05) is 10.9 Å². The normalized spacial score (nSPS) is 11.1. The van der Waals surface area contributed by atoms with Gasteiger partial charge in [-0.25, -0.2) is 14.2 Å². The number of pyridine rings is 1. The van der Waals surface area contributed by atoms with Gasteiger partial charge in [-0.2, -0.15) is 0 Å². The van der Waals surface area contributed by atoms with E-state index in [1.165, 1.54) is 18.2 Å². The summed E-state index contributed by atoms with van der Waals surface area (Å²) in [7, 11) is 0. The van der Waals surface area contributed by atoms with Crippen LogP contribution in [0, 0.1) is 5.82 Å². The molecule has 4 nitrogen and oxygen atoms in total. The molecule has 0 unspecified atom stereocenters. The van der Waals surface area contributed by atoms with Gasteiger partial charge in [0.15, 0.2) is 5.76 Å². The van der Waals surface area contributed by atoms with Crippen molar-refractivity contribution in [2.45, 2.75) is 13.3 Å². The SMILES string of the molecule is CCc1ccc2nc(-c3ccc(-c4ccc(F)c(Cl)c4)o3)cc(C(=O)O)c2c1. The first-order chi connectivity index (χ1) is 13.5. The number of hydrogen-bond acceptors (Lipinski definition) is 3. The number of carboxylic acids is 1. The van der Waals surface area contributed by atoms with E-state index in [9.17, 15) is 14.3 Å². The molecule has 0 amide bonds. The van der Waals surface area contributed by atoms with Gasteiger partial charge >= 0.3 is 5.97 Å². The Morgan fingerprint density at radius 1 is 1.11 bits per heavy atom. The summed E-state index contributed by atoms with van der Waals surface area (Å²) in [5.74, 6) is -0.638. The van der Waals surface area contributed by atoms with Crippen LogP contribution in [0.2, 0.25) is 5.02 Å². The third-order valence-corrected chi connectivity index (χ3v) is 4.86. The summed E-state index contributed by atoms with van der Waals surface area (Å²) < 4.78 is 19.2. The number of hydrogen-bond donors (Lipinski definition) is 1. The Kier molecular flexibility index (Phi) is 4.61. The number of carbonyl (C=O) groups is 1. The standard InChI is InChI=1S/C22H15ClFNO3/c1-2-12-3-6-18-14(9-12)15(22(26)27)11-19(25-18)21-8-7-20(28-21)13-4-5-17(24)16(23)10-13/h3-11H,2H2,1H3,(H,26,27). The molecule has 0 aliphatic carbocycles. The molecule has 2 aromatic heterocycles. The number of halogens is 2. The van der Waals surface area contributed by atoms with Crippen molar-refractivity contribution in [1.29, 1.82) is 0 Å². The molecule has 6 heteroatoms. The highest BCUT2D eigenvalue weighted by Gasteiger charge is 2.16. The van der Waals surface area contributed by atoms with Crippen LogP contribution in [0.3, 0.4) is 0 Å². The van der Waals surface area contributed by atoms with Crippen molar-refractivity contribution in [1.82, 2.24) is 4.98 Å². The number of nitrogens with zero attached hydrogens (tertiary/aromatic N) is 1. The minimum absolute atomic E-state index is 0.000767. The molecular weight excluding hydrogens is 381 g/mol. The van der Waals surface area contributed by atoms with Gasteiger partial charge in [-0.05, 0) is 60.5 Å². The maximum Gasteiger partial charge on any atom is 0.336 e. The Morgan fingerprint density at radius 3 is 2.61 bits per heavy atom. The van der Waals surface area contributed by atoms with Crippen molar-refractivity contribution in [3.63, 3.8) is 0 Å². The van der Waals surface area contributed by atoms with Crippen molar-refractivity contribution < 1.29 is 18.7 Å². The first kappa shape index (κ1) is 18.2. The number of rotatable bonds is 4. The number of carboxylic acid groups (broad SMARTS) is 1. The second-order valence-corrected chi connectivity index (χ2v) is 6.77. The fourth-order valence-corrected chi connectivity index (χ4v) is 3.26. The van der Waals surface area contributed by atoms with Crippen molar-refractivity contribution in [2.75, 3.05) is 0 Å². The fourth-order valence-electron chi connectivity index (χ4n) is 3.08. The van der Waals surface area contributed by atoms with Gasteiger partial charge in [-0.15, -0.1) is 0 Å². The molecule has 0 atom stereocenters. The van der Waals surface area contributed by atoms with Gasteiger partial charge in [-0.1, -0.05) is 24.6 Å². The summed E-state index contributed by atoms with van der Waals surface area (Å²) in [5, 5.41) is 10.2. The van der Waals surface area contributed by atoms with E-state index in [0.717, 1.165) is 12.0 Å². The van der Waals surface area contributed by atoms with Gasteiger partial charge in [0.2, 0.25) is 0 Å². The third kappa shape index (κ3) is 3.25. The molecule has 2 heterocycles. The average Bonchev–Trinajstić information content (AvgIpc) is 3.19. The molecule has 0 saturated carbocycles. The van der Waals surface area contributed by atoms with Crippen LogP contribution in [0.15, 0.2) is 59.0 Å². The summed E-state index contributed by atoms with van der Waals surface area (Å²) in [4.78, 5) is 16.3. The molecule has 28 heavy (non-hydrogen) atoms. The zero-order valence-electron chi connectivity index (χ0n) is 14.9. The first-order valence-corrected chi connectivity index (χ1v) is 9.06. The predicted octanol–water partition coefficient (Wildman–Crippen LogP) is 6.21. The number of aryl methyl sites for hydroxylation is 1. The summed E-state index contributed by atoms with van der Waals surface area (Å²) >= 11 is 5.84. The van der Waals surface area contributed by atoms with E-state index in [1.807, 2.05) is 25.1 Å². The molecule has 0 bridgehead atoms. The summed E-state index contributed by atoms with van der Waals surface area (Å²) in [5.41, 5.74) is 2.81. The van der Waals surface area contributed by atoms with E-state index < -0.39 is 11.8 Å². The molecule has 0 aliphatic rings. The van der Waals surface area contributed by atoms with Crippen LogP contribution in [-0.4, -0.2) is 16.1 Å². The molecule has 1 N–H and O–H groups in total. The molecular formula is C22H15ClFNO3. The number of furan rings is 1. The van der Waals surface area contributed by atoms with E-state index in [2.05, 4.69) is 4.98 Å². The van der Waals surface area contributed by atoms with Gasteiger partial charge in [0.1, 0.15) is 17.3 Å². The molecule has 140 valence electrons. The van der Waals surface area contributed by atoms with Crippen LogP contribution >= 0.6 is 11.6 Å². The van der Waals surface area contributed by atoms with Crippen LogP contribution < -0.4 is 0 Å². The molecule has 0 aliphatic heterocycles. The first-order valence-electron chi connectivity index (χ1n) is 8.69. The Hall–Kier alpha value is -3.18. The number of aromatic nitrogens is 1. The van der Waals surface area contributed by atoms with Crippen molar-refractivity contribution in [3.8, 4) is 22.8 Å². The Balaban J connectivity index is 1.82. The van der Waals surface area contributed by atoms with E-state index in [1.54, 1.807) is 18.2 Å². The quantitative estimate of drug-likeness (QED) is 0.446. The van der Waals surface area contributed by atoms with E-state index in [4.69, 9.17) is 16.0 Å². The Labute approximate surface area is 165 Å². The van der Waals surface area contributed by atoms with Crippen LogP contribution in [0.1, 0.15) is 22.8 Å². The van der Waals surface area contributed by atoms with E-state index in [0.29, 0.717) is 33.7 Å². The molecule has 4 aromatic rings. The summed E-state index contributed by atoms with van der Waals surface area (Å²) in [6, 6.07) is 14.8. The molecule has 0 fully saturated rings. The second kappa shape index (κ2) is 7.09. The average molecular weight is 396 g/mol. The molecule has 0 radical (unpaired) electrons. The fraction of sp³-hybridized carbons (Fsp3) is 0.0909. The smallest absolute Gasteiger partial charge is 0.336 e. The lowest BCUT2D eigenvalue weighted by atomic mass is 10.0. The number of aromatic carboxylic acids is 1. The van der Waals surface area contributed by atoms with Gasteiger partial charge in [-0.3, -0.25) is 0 Å². The van der Waals surface area contributed by atoms with Crippen LogP contribution in [-0.2, 0) is 6.42 Å². The van der Waals surface area contributed by atoms with E-state index >= 15 is 0 Å². The van der Waals surface area contributed by atoms with Gasteiger partial charge < -0.3 is 9.52 Å². The zero-order valence-corrected chi connectivity index (χ0v) is 15.6. The Bertz CT molecular complexity index is 1220. The van der Waals surface area contributed by atoms with Crippen molar-refractivity contribution in [3.05, 3.63) is 76.6 Å². The number of fused-ring (bicyclic) bond motifs is 1. The van der Waals surface area contributed by atoms with Gasteiger partial charge in [0.25, 0.3) is 0 Å². The summed E-state index contributed by atoms with van der Waals surface area (Å²) in [6.45, 7) is 2.01. The predicted molar refractivity (Wildman–Crippen MR) is 106 cm³/mol. The zero-order chi connectivity index (χ0) is 19.8. The summed E-state index contributed by atoms with van der Waals surface area (Å²) in [6.07, 6.45) is 0.804. The molecule has 2 aromatic carbocycles. The van der Waals surface area contributed by atoms with Gasteiger partial charge in [0.05, 0.1) is 16.1 Å². The lowest BCUT2D eigenvalue weighted by molar-refractivity contribution is 0.0699. The lowest BCUT2D eigenvalue weighted by Crippen LogP contribution is -2.00. The van der Waals surface area contributed by atoms with Crippen LogP contribution in [0.25, 0.3) is 33.7 Å². The maximum atomic E-state index is 13.4. The topological polar surface area (TPSA) is 63.3 Å². The monoisotopic (exact) mass is 395 g/mol. The second-order valence-electron chi connectivity index (χ2n) is 6.36. The lowest BCUT2D eigenvalue weighted by Gasteiger charge is -2.07. The molecule has 0 saturated heterocycles. The van der Waals surface area contributed by atoms with Crippen molar-refractivity contribution >= 4 is 28.5 Å². The van der Waals surface area contributed by atoms with E-state index in [-0.39, 0.29) is 10.6 Å². The Morgan fingerprint density at radius 2 is 1.89 bits per heavy atom. The minimum Gasteiger partial charge on any atom is -0.478 e. The number of benzene rings is 2. The molecule has 0 spiro atoms. The highest BCUT2D eigenvalue weighted by Crippen LogP contribution is 2.32. The molecule has 4 rings (SSSR count). The van der Waals surface area contributed by atoms with Crippen LogP contribution in [0.5, 0.6) is 0 Å². The third-order valence-electron chi connectivity index (χ3n) is 4.57. The highest BCUT2D eigenvalue weighted by molar-refractivity contribution is 6.31. The minimum atomic E-state index is -1.03. The highest BCUT2D eigenvalue weighted by atomic mass is 35.5. The maximum absolute atomic E-state index is 13.4. The van der Waals surface area contributed by atoms with Crippen molar-refractivity contribution in [2.24, 2.45) is 0 Å².